The highest BCUT2D eigenvalue weighted by Crippen LogP contribution is 2.22. The molecule has 2 heteroatoms. The lowest BCUT2D eigenvalue weighted by Crippen LogP contribution is -2.41. The van der Waals surface area contributed by atoms with Crippen molar-refractivity contribution in [1.82, 2.24) is 4.90 Å². The third kappa shape index (κ3) is 3.53. The van der Waals surface area contributed by atoms with Gasteiger partial charge in [-0.2, -0.15) is 0 Å². The van der Waals surface area contributed by atoms with Crippen molar-refractivity contribution < 1.29 is 5.11 Å². The summed E-state index contributed by atoms with van der Waals surface area (Å²) in [6, 6.07) is 7.58. The second-order valence-corrected chi connectivity index (χ2v) is 5.22. The lowest BCUT2D eigenvalue weighted by molar-refractivity contribution is 0.127. The predicted molar refractivity (Wildman–Crippen MR) is 68.6 cm³/mol. The number of benzene rings is 1. The summed E-state index contributed by atoms with van der Waals surface area (Å²) in [5, 5.41) is 9.77. The normalized spacial score (nSPS) is 12.1. The van der Waals surface area contributed by atoms with Crippen LogP contribution in [0.4, 0.5) is 0 Å². The maximum atomic E-state index is 9.77. The molecule has 0 amide bonds. The molecule has 0 aromatic heterocycles. The van der Waals surface area contributed by atoms with Crippen LogP contribution >= 0.6 is 0 Å². The van der Waals surface area contributed by atoms with Crippen LogP contribution in [0.5, 0.6) is 5.75 Å². The van der Waals surface area contributed by atoms with Crippen molar-refractivity contribution in [3.05, 3.63) is 29.8 Å². The molecular formula is C14H23NO. The summed E-state index contributed by atoms with van der Waals surface area (Å²) in [7, 11) is 0. The van der Waals surface area contributed by atoms with Crippen molar-refractivity contribution in [2.24, 2.45) is 0 Å². The van der Waals surface area contributed by atoms with Gasteiger partial charge < -0.3 is 5.11 Å². The number of nitrogens with zero attached hydrogens (tertiary/aromatic N) is 1. The van der Waals surface area contributed by atoms with Gasteiger partial charge in [0.2, 0.25) is 0 Å². The Labute approximate surface area is 98.9 Å². The molecule has 16 heavy (non-hydrogen) atoms. The smallest absolute Gasteiger partial charge is 0.120 e. The minimum absolute atomic E-state index is 0.137. The van der Waals surface area contributed by atoms with Crippen molar-refractivity contribution in [2.75, 3.05) is 6.54 Å². The lowest BCUT2D eigenvalue weighted by Gasteiger charge is -2.35. The predicted octanol–water partition coefficient (Wildman–Crippen LogP) is 3.40. The van der Waals surface area contributed by atoms with Crippen LogP contribution < -0.4 is 0 Å². The number of phenols is 1. The van der Waals surface area contributed by atoms with Gasteiger partial charge in [0.25, 0.3) is 0 Å². The SMILES string of the molecule is CCCN(Cc1ccccc1O)C(C)(C)C. The Morgan fingerprint density at radius 1 is 1.19 bits per heavy atom. The average Bonchev–Trinajstić information content (AvgIpc) is 2.19. The number of para-hydroxylation sites is 1. The Hall–Kier alpha value is -1.02. The van der Waals surface area contributed by atoms with Gasteiger partial charge in [-0.3, -0.25) is 4.90 Å². The van der Waals surface area contributed by atoms with E-state index in [9.17, 15) is 5.11 Å². The van der Waals surface area contributed by atoms with E-state index in [1.807, 2.05) is 18.2 Å². The van der Waals surface area contributed by atoms with Crippen LogP contribution in [0.1, 0.15) is 39.7 Å². The molecule has 0 bridgehead atoms. The minimum atomic E-state index is 0.137. The molecule has 0 heterocycles. The largest absolute Gasteiger partial charge is 0.508 e. The first-order chi connectivity index (χ1) is 7.45. The zero-order valence-corrected chi connectivity index (χ0v) is 10.8. The van der Waals surface area contributed by atoms with E-state index in [0.717, 1.165) is 25.1 Å². The Morgan fingerprint density at radius 2 is 1.81 bits per heavy atom. The molecule has 0 aliphatic rings. The molecule has 1 aromatic carbocycles. The van der Waals surface area contributed by atoms with Crippen molar-refractivity contribution in [1.29, 1.82) is 0 Å². The van der Waals surface area contributed by atoms with E-state index in [-0.39, 0.29) is 5.54 Å². The Morgan fingerprint density at radius 3 is 2.31 bits per heavy atom. The van der Waals surface area contributed by atoms with E-state index < -0.39 is 0 Å². The van der Waals surface area contributed by atoms with Gasteiger partial charge in [0, 0.05) is 17.6 Å². The van der Waals surface area contributed by atoms with Crippen molar-refractivity contribution in [3.8, 4) is 5.75 Å². The second-order valence-electron chi connectivity index (χ2n) is 5.22. The topological polar surface area (TPSA) is 23.5 Å². The molecule has 0 aliphatic heterocycles. The molecular weight excluding hydrogens is 198 g/mol. The molecule has 0 spiro atoms. The van der Waals surface area contributed by atoms with E-state index in [4.69, 9.17) is 0 Å². The van der Waals surface area contributed by atoms with E-state index in [0.29, 0.717) is 5.75 Å². The maximum absolute atomic E-state index is 9.77. The summed E-state index contributed by atoms with van der Waals surface area (Å²) in [6.45, 7) is 10.7. The Bertz CT molecular complexity index is 328. The van der Waals surface area contributed by atoms with E-state index >= 15 is 0 Å². The summed E-state index contributed by atoms with van der Waals surface area (Å²) < 4.78 is 0. The highest BCUT2D eigenvalue weighted by Gasteiger charge is 2.21. The van der Waals surface area contributed by atoms with Gasteiger partial charge in [-0.15, -0.1) is 0 Å². The second kappa shape index (κ2) is 5.35. The quantitative estimate of drug-likeness (QED) is 0.842. The van der Waals surface area contributed by atoms with Gasteiger partial charge in [0.1, 0.15) is 5.75 Å². The van der Waals surface area contributed by atoms with E-state index in [1.54, 1.807) is 6.07 Å². The minimum Gasteiger partial charge on any atom is -0.508 e. The zero-order valence-electron chi connectivity index (χ0n) is 10.8. The number of aromatic hydroxyl groups is 1. The van der Waals surface area contributed by atoms with E-state index in [1.165, 1.54) is 0 Å². The van der Waals surface area contributed by atoms with Crippen LogP contribution in [0.3, 0.4) is 0 Å². The van der Waals surface area contributed by atoms with Gasteiger partial charge in [-0.05, 0) is 39.8 Å². The summed E-state index contributed by atoms with van der Waals surface area (Å²) in [4.78, 5) is 2.39. The van der Waals surface area contributed by atoms with Gasteiger partial charge >= 0.3 is 0 Å². The van der Waals surface area contributed by atoms with Gasteiger partial charge in [0.15, 0.2) is 0 Å². The Kier molecular flexibility index (Phi) is 4.36. The van der Waals surface area contributed by atoms with E-state index in [2.05, 4.69) is 32.6 Å². The van der Waals surface area contributed by atoms with Gasteiger partial charge in [-0.1, -0.05) is 25.1 Å². The summed E-state index contributed by atoms with van der Waals surface area (Å²) >= 11 is 0. The third-order valence-electron chi connectivity index (χ3n) is 2.80. The van der Waals surface area contributed by atoms with Crippen LogP contribution in [0.2, 0.25) is 0 Å². The maximum Gasteiger partial charge on any atom is 0.120 e. The third-order valence-corrected chi connectivity index (χ3v) is 2.80. The summed E-state index contributed by atoms with van der Waals surface area (Å²) in [5.41, 5.74) is 1.14. The van der Waals surface area contributed by atoms with Crippen LogP contribution in [0, 0.1) is 0 Å². The molecule has 0 aliphatic carbocycles. The number of phenolic OH excluding ortho intramolecular Hbond substituents is 1. The fourth-order valence-electron chi connectivity index (χ4n) is 1.77. The molecule has 0 fully saturated rings. The first-order valence-electron chi connectivity index (χ1n) is 5.97. The lowest BCUT2D eigenvalue weighted by atomic mass is 10.0. The molecule has 0 saturated heterocycles. The first kappa shape index (κ1) is 13.0. The molecule has 0 radical (unpaired) electrons. The molecule has 90 valence electrons. The van der Waals surface area contributed by atoms with Crippen molar-refractivity contribution in [2.45, 2.75) is 46.2 Å². The highest BCUT2D eigenvalue weighted by molar-refractivity contribution is 5.31. The molecule has 1 rings (SSSR count). The number of rotatable bonds is 4. The van der Waals surface area contributed by atoms with Crippen molar-refractivity contribution >= 4 is 0 Å². The molecule has 0 unspecified atom stereocenters. The highest BCUT2D eigenvalue weighted by atomic mass is 16.3. The van der Waals surface area contributed by atoms with Crippen LogP contribution in [-0.2, 0) is 6.54 Å². The summed E-state index contributed by atoms with van der Waals surface area (Å²) in [6.07, 6.45) is 1.13. The standard InChI is InChI=1S/C14H23NO/c1-5-10-15(14(2,3)4)11-12-8-6-7-9-13(12)16/h6-9,16H,5,10-11H2,1-4H3. The van der Waals surface area contributed by atoms with Crippen LogP contribution in [-0.4, -0.2) is 22.1 Å². The summed E-state index contributed by atoms with van der Waals surface area (Å²) in [5.74, 6) is 0.396. The fraction of sp³-hybridized carbons (Fsp3) is 0.571. The molecule has 0 saturated carbocycles. The van der Waals surface area contributed by atoms with Crippen molar-refractivity contribution in [3.63, 3.8) is 0 Å². The number of hydrogen-bond acceptors (Lipinski definition) is 2. The fourth-order valence-corrected chi connectivity index (χ4v) is 1.77. The molecule has 2 nitrogen and oxygen atoms in total. The Balaban J connectivity index is 2.80. The van der Waals surface area contributed by atoms with Gasteiger partial charge in [0.05, 0.1) is 0 Å². The zero-order chi connectivity index (χ0) is 12.2. The van der Waals surface area contributed by atoms with Crippen LogP contribution in [0.15, 0.2) is 24.3 Å². The van der Waals surface area contributed by atoms with Crippen LogP contribution in [0.25, 0.3) is 0 Å². The average molecular weight is 221 g/mol. The monoisotopic (exact) mass is 221 g/mol. The molecule has 1 aromatic rings. The molecule has 0 atom stereocenters. The number of hydrogen-bond donors (Lipinski definition) is 1. The molecule has 1 N–H and O–H groups in total. The first-order valence-corrected chi connectivity index (χ1v) is 5.97. The van der Waals surface area contributed by atoms with Gasteiger partial charge in [-0.25, -0.2) is 0 Å².